The Labute approximate surface area is 123 Å². The number of aromatic nitrogens is 1. The molecule has 108 valence electrons. The first-order valence-electron chi connectivity index (χ1n) is 6.63. The first-order valence-corrected chi connectivity index (χ1v) is 7.51. The van der Waals surface area contributed by atoms with Crippen molar-refractivity contribution in [2.45, 2.75) is 19.4 Å². The molecule has 1 heterocycles. The van der Waals surface area contributed by atoms with Gasteiger partial charge in [-0.15, -0.1) is 11.3 Å². The Hall–Kier alpha value is -1.59. The minimum atomic E-state index is 0.0764. The molecule has 5 heteroatoms. The molecule has 0 amide bonds. The second-order valence-corrected chi connectivity index (χ2v) is 5.32. The van der Waals surface area contributed by atoms with E-state index in [2.05, 4.69) is 17.2 Å². The maximum absolute atomic E-state index is 5.49. The lowest BCUT2D eigenvalue weighted by Gasteiger charge is -2.20. The van der Waals surface area contributed by atoms with Gasteiger partial charge in [0, 0.05) is 16.6 Å². The summed E-state index contributed by atoms with van der Waals surface area (Å²) in [4.78, 5) is 5.35. The molecule has 0 radical (unpaired) electrons. The molecular formula is C15H20N2O2S. The zero-order chi connectivity index (χ0) is 14.4. The number of methoxy groups -OCH3 is 2. The third kappa shape index (κ3) is 3.29. The highest BCUT2D eigenvalue weighted by molar-refractivity contribution is 7.09. The summed E-state index contributed by atoms with van der Waals surface area (Å²) in [5.74, 6) is 1.68. The van der Waals surface area contributed by atoms with Crippen LogP contribution < -0.4 is 14.8 Å². The van der Waals surface area contributed by atoms with Crippen molar-refractivity contribution >= 4 is 11.3 Å². The van der Waals surface area contributed by atoms with E-state index in [0.717, 1.165) is 30.0 Å². The molecule has 1 N–H and O–H groups in total. The Kier molecular flexibility index (Phi) is 5.38. The van der Waals surface area contributed by atoms with Gasteiger partial charge in [0.05, 0.1) is 25.8 Å². The zero-order valence-electron chi connectivity index (χ0n) is 12.1. The minimum absolute atomic E-state index is 0.0764. The van der Waals surface area contributed by atoms with Gasteiger partial charge in [-0.1, -0.05) is 6.92 Å². The predicted octanol–water partition coefficient (Wildman–Crippen LogP) is 3.25. The summed E-state index contributed by atoms with van der Waals surface area (Å²) in [6, 6.07) is 5.95. The van der Waals surface area contributed by atoms with Crippen molar-refractivity contribution in [1.82, 2.24) is 10.3 Å². The Balaban J connectivity index is 2.41. The predicted molar refractivity (Wildman–Crippen MR) is 81.8 cm³/mol. The van der Waals surface area contributed by atoms with Gasteiger partial charge in [0.25, 0.3) is 0 Å². The topological polar surface area (TPSA) is 43.4 Å². The third-order valence-electron chi connectivity index (χ3n) is 3.08. The Morgan fingerprint density at radius 3 is 2.75 bits per heavy atom. The van der Waals surface area contributed by atoms with Crippen LogP contribution in [0, 0.1) is 0 Å². The van der Waals surface area contributed by atoms with Crippen LogP contribution in [0.2, 0.25) is 0 Å². The van der Waals surface area contributed by atoms with Gasteiger partial charge in [0.15, 0.2) is 0 Å². The van der Waals surface area contributed by atoms with Crippen LogP contribution in [0.25, 0.3) is 0 Å². The molecular weight excluding hydrogens is 272 g/mol. The first kappa shape index (κ1) is 14.8. The van der Waals surface area contributed by atoms with Gasteiger partial charge in [0.2, 0.25) is 0 Å². The maximum atomic E-state index is 5.49. The SMILES string of the molecule is CCCNC(c1cncs1)c1cc(OC)ccc1OC. The molecule has 1 unspecified atom stereocenters. The number of rotatable bonds is 7. The lowest BCUT2D eigenvalue weighted by Crippen LogP contribution is -2.23. The average Bonchev–Trinajstić information content (AvgIpc) is 3.01. The van der Waals surface area contributed by atoms with Gasteiger partial charge < -0.3 is 14.8 Å². The van der Waals surface area contributed by atoms with Crippen molar-refractivity contribution in [2.24, 2.45) is 0 Å². The van der Waals surface area contributed by atoms with E-state index in [-0.39, 0.29) is 6.04 Å². The summed E-state index contributed by atoms with van der Waals surface area (Å²) >= 11 is 1.64. The highest BCUT2D eigenvalue weighted by atomic mass is 32.1. The maximum Gasteiger partial charge on any atom is 0.124 e. The number of nitrogens with zero attached hydrogens (tertiary/aromatic N) is 1. The number of nitrogens with one attached hydrogen (secondary N) is 1. The standard InChI is InChI=1S/C15H20N2O2S/c1-4-7-17-15(14-9-16-10-20-14)12-8-11(18-2)5-6-13(12)19-3/h5-6,8-10,15,17H,4,7H2,1-3H3. The van der Waals surface area contributed by atoms with Crippen LogP contribution in [0.1, 0.15) is 29.8 Å². The third-order valence-corrected chi connectivity index (χ3v) is 3.92. The molecule has 1 atom stereocenters. The Bertz CT molecular complexity index is 529. The summed E-state index contributed by atoms with van der Waals surface area (Å²) in [7, 11) is 3.36. The van der Waals surface area contributed by atoms with E-state index in [1.54, 1.807) is 25.6 Å². The summed E-state index contributed by atoms with van der Waals surface area (Å²) in [5, 5.41) is 3.55. The van der Waals surface area contributed by atoms with E-state index in [9.17, 15) is 0 Å². The van der Waals surface area contributed by atoms with E-state index in [1.165, 1.54) is 4.88 Å². The van der Waals surface area contributed by atoms with Crippen LogP contribution in [0.4, 0.5) is 0 Å². The van der Waals surface area contributed by atoms with Crippen LogP contribution in [0.5, 0.6) is 11.5 Å². The smallest absolute Gasteiger partial charge is 0.124 e. The van der Waals surface area contributed by atoms with Crippen molar-refractivity contribution in [3.63, 3.8) is 0 Å². The molecule has 1 aromatic carbocycles. The summed E-state index contributed by atoms with van der Waals surface area (Å²) in [5.41, 5.74) is 2.92. The van der Waals surface area contributed by atoms with Gasteiger partial charge >= 0.3 is 0 Å². The molecule has 0 saturated carbocycles. The second-order valence-electron chi connectivity index (χ2n) is 4.40. The van der Waals surface area contributed by atoms with Crippen LogP contribution >= 0.6 is 11.3 Å². The Morgan fingerprint density at radius 1 is 1.30 bits per heavy atom. The van der Waals surface area contributed by atoms with Crippen LogP contribution in [-0.4, -0.2) is 25.7 Å². The van der Waals surface area contributed by atoms with Gasteiger partial charge in [-0.05, 0) is 31.2 Å². The molecule has 0 fully saturated rings. The molecule has 0 bridgehead atoms. The van der Waals surface area contributed by atoms with Crippen molar-refractivity contribution in [2.75, 3.05) is 20.8 Å². The lowest BCUT2D eigenvalue weighted by atomic mass is 10.0. The van der Waals surface area contributed by atoms with Gasteiger partial charge in [-0.25, -0.2) is 0 Å². The monoisotopic (exact) mass is 292 g/mol. The molecule has 0 spiro atoms. The van der Waals surface area contributed by atoms with Gasteiger partial charge in [0.1, 0.15) is 11.5 Å². The summed E-state index contributed by atoms with van der Waals surface area (Å²) in [6.07, 6.45) is 2.97. The van der Waals surface area contributed by atoms with Crippen molar-refractivity contribution in [3.05, 3.63) is 40.3 Å². The molecule has 0 aliphatic heterocycles. The molecule has 2 aromatic rings. The first-order chi connectivity index (χ1) is 9.80. The number of hydrogen-bond acceptors (Lipinski definition) is 5. The number of benzene rings is 1. The lowest BCUT2D eigenvalue weighted by molar-refractivity contribution is 0.394. The second kappa shape index (κ2) is 7.26. The molecule has 1 aromatic heterocycles. The molecule has 20 heavy (non-hydrogen) atoms. The molecule has 0 saturated heterocycles. The van der Waals surface area contributed by atoms with E-state index in [4.69, 9.17) is 9.47 Å². The van der Waals surface area contributed by atoms with Crippen molar-refractivity contribution in [3.8, 4) is 11.5 Å². The zero-order valence-corrected chi connectivity index (χ0v) is 12.9. The minimum Gasteiger partial charge on any atom is -0.497 e. The Morgan fingerprint density at radius 2 is 2.15 bits per heavy atom. The van der Waals surface area contributed by atoms with E-state index >= 15 is 0 Å². The molecule has 0 aliphatic rings. The highest BCUT2D eigenvalue weighted by Gasteiger charge is 2.19. The quantitative estimate of drug-likeness (QED) is 0.850. The molecule has 2 rings (SSSR count). The van der Waals surface area contributed by atoms with Crippen LogP contribution in [0.3, 0.4) is 0 Å². The van der Waals surface area contributed by atoms with Gasteiger partial charge in [-0.2, -0.15) is 0 Å². The highest BCUT2D eigenvalue weighted by Crippen LogP contribution is 2.34. The molecule has 0 aliphatic carbocycles. The normalized spacial score (nSPS) is 12.2. The van der Waals surface area contributed by atoms with Crippen LogP contribution in [0.15, 0.2) is 29.9 Å². The van der Waals surface area contributed by atoms with E-state index in [1.807, 2.05) is 29.9 Å². The van der Waals surface area contributed by atoms with Crippen molar-refractivity contribution in [1.29, 1.82) is 0 Å². The number of ether oxygens (including phenoxy) is 2. The van der Waals surface area contributed by atoms with E-state index < -0.39 is 0 Å². The number of thiazole rings is 1. The van der Waals surface area contributed by atoms with Gasteiger partial charge in [-0.3, -0.25) is 4.98 Å². The number of hydrogen-bond donors (Lipinski definition) is 1. The fraction of sp³-hybridized carbons (Fsp3) is 0.400. The summed E-state index contributed by atoms with van der Waals surface area (Å²) < 4.78 is 10.8. The summed E-state index contributed by atoms with van der Waals surface area (Å²) in [6.45, 7) is 3.09. The largest absolute Gasteiger partial charge is 0.497 e. The van der Waals surface area contributed by atoms with E-state index in [0.29, 0.717) is 0 Å². The fourth-order valence-corrected chi connectivity index (χ4v) is 2.80. The average molecular weight is 292 g/mol. The fourth-order valence-electron chi connectivity index (χ4n) is 2.09. The van der Waals surface area contributed by atoms with Crippen molar-refractivity contribution < 1.29 is 9.47 Å². The van der Waals surface area contributed by atoms with Crippen LogP contribution in [-0.2, 0) is 0 Å². The molecule has 4 nitrogen and oxygen atoms in total.